The van der Waals surface area contributed by atoms with Gasteiger partial charge in [-0.25, -0.2) is 0 Å². The van der Waals surface area contributed by atoms with Crippen molar-refractivity contribution in [3.05, 3.63) is 59.7 Å². The number of amides is 1. The van der Waals surface area contributed by atoms with Gasteiger partial charge in [-0.05, 0) is 34.6 Å². The molecule has 8 heteroatoms. The number of hydrogen-bond donors (Lipinski definition) is 3. The Kier molecular flexibility index (Phi) is 8.60. The van der Waals surface area contributed by atoms with Crippen LogP contribution in [0.4, 0.5) is 13.2 Å². The Morgan fingerprint density at radius 2 is 1.61 bits per heavy atom. The average molecular weight is 433 g/mol. The topological polar surface area (TPSA) is 85.2 Å². The van der Waals surface area contributed by atoms with E-state index in [-0.39, 0.29) is 31.1 Å². The van der Waals surface area contributed by atoms with Crippen LogP contribution in [0.2, 0.25) is 0 Å². The highest BCUT2D eigenvalue weighted by atomic mass is 19.4. The summed E-state index contributed by atoms with van der Waals surface area (Å²) in [6.07, 6.45) is -4.42. The summed E-state index contributed by atoms with van der Waals surface area (Å²) < 4.78 is 41.6. The number of rotatable bonds is 9. The van der Waals surface area contributed by atoms with Gasteiger partial charge in [0.1, 0.15) is 12.6 Å². The van der Waals surface area contributed by atoms with Gasteiger partial charge in [0.15, 0.2) is 0 Å². The molecule has 0 saturated heterocycles. The second-order valence-corrected chi connectivity index (χ2v) is 7.68. The van der Waals surface area contributed by atoms with Crippen molar-refractivity contribution in [2.75, 3.05) is 6.54 Å². The van der Waals surface area contributed by atoms with Gasteiger partial charge in [0, 0.05) is 0 Å². The highest BCUT2D eigenvalue weighted by molar-refractivity contribution is 5.82. The fraction of sp³-hybridized carbons (Fsp3) is 0.391. The Labute approximate surface area is 179 Å². The van der Waals surface area contributed by atoms with E-state index >= 15 is 0 Å². The van der Waals surface area contributed by atoms with Crippen LogP contribution in [0.25, 0.3) is 11.1 Å². The Morgan fingerprint density at radius 1 is 1.06 bits per heavy atom. The molecule has 1 amide bonds. The molecule has 0 heterocycles. The van der Waals surface area contributed by atoms with Crippen LogP contribution in [0.3, 0.4) is 0 Å². The molecule has 0 aliphatic rings. The van der Waals surface area contributed by atoms with E-state index < -0.39 is 24.2 Å². The standard InChI is InChI=1S/C23H26F3N3O2/c1-15(2)13-20(22(31)28-12-11-27)29-21(23(24,25)26)19-9-7-18(8-10-19)17-5-3-16(14-30)4-6-17/h3-10,15,20-21,29-30H,12-14H2,1-2H3,(H,28,31)/t20-,21-/m0/s1. The third kappa shape index (κ3) is 7.09. The maximum atomic E-state index is 13.9. The van der Waals surface area contributed by atoms with Crippen LogP contribution < -0.4 is 10.6 Å². The number of benzene rings is 2. The van der Waals surface area contributed by atoms with Gasteiger partial charge in [-0.15, -0.1) is 0 Å². The molecule has 0 aliphatic carbocycles. The molecule has 0 saturated carbocycles. The second kappa shape index (κ2) is 10.9. The number of hydrogen-bond acceptors (Lipinski definition) is 4. The minimum atomic E-state index is -4.62. The molecule has 0 radical (unpaired) electrons. The zero-order valence-electron chi connectivity index (χ0n) is 17.4. The number of aliphatic hydroxyl groups excluding tert-OH is 1. The van der Waals surface area contributed by atoms with Crippen molar-refractivity contribution in [1.29, 1.82) is 5.26 Å². The molecule has 0 spiro atoms. The second-order valence-electron chi connectivity index (χ2n) is 7.68. The molecule has 2 atom stereocenters. The number of alkyl halides is 3. The molecule has 0 aliphatic heterocycles. The maximum Gasteiger partial charge on any atom is 0.407 e. The van der Waals surface area contributed by atoms with Crippen LogP contribution in [-0.2, 0) is 11.4 Å². The minimum absolute atomic E-state index is 0.00920. The molecule has 3 N–H and O–H groups in total. The van der Waals surface area contributed by atoms with Crippen molar-refractivity contribution in [2.45, 2.75) is 45.1 Å². The lowest BCUT2D eigenvalue weighted by Crippen LogP contribution is -2.49. The molecule has 31 heavy (non-hydrogen) atoms. The molecular weight excluding hydrogens is 407 g/mol. The molecule has 2 aromatic rings. The summed E-state index contributed by atoms with van der Waals surface area (Å²) in [5, 5.41) is 22.6. The predicted octanol–water partition coefficient (Wildman–Crippen LogP) is 4.09. The molecule has 0 bridgehead atoms. The molecule has 0 fully saturated rings. The van der Waals surface area contributed by atoms with Crippen molar-refractivity contribution in [3.8, 4) is 17.2 Å². The normalized spacial score (nSPS) is 13.5. The number of aliphatic hydroxyl groups is 1. The Hall–Kier alpha value is -2.89. The van der Waals surface area contributed by atoms with Gasteiger partial charge in [0.2, 0.25) is 5.91 Å². The van der Waals surface area contributed by atoms with E-state index in [1.165, 1.54) is 12.1 Å². The summed E-state index contributed by atoms with van der Waals surface area (Å²) in [7, 11) is 0. The SMILES string of the molecule is CC(C)C[C@H](N[C@@H](c1ccc(-c2ccc(CO)cc2)cc1)C(F)(F)F)C(=O)NCC#N. The fourth-order valence-corrected chi connectivity index (χ4v) is 3.22. The first kappa shape index (κ1) is 24.4. The van der Waals surface area contributed by atoms with Gasteiger partial charge in [0.05, 0.1) is 18.7 Å². The first-order valence-electron chi connectivity index (χ1n) is 9.93. The number of carbonyl (C=O) groups is 1. The third-order valence-corrected chi connectivity index (χ3v) is 4.77. The Balaban J connectivity index is 2.28. The van der Waals surface area contributed by atoms with Gasteiger partial charge < -0.3 is 10.4 Å². The summed E-state index contributed by atoms with van der Waals surface area (Å²) in [6, 6.07) is 11.7. The highest BCUT2D eigenvalue weighted by Crippen LogP contribution is 2.34. The predicted molar refractivity (Wildman–Crippen MR) is 112 cm³/mol. The van der Waals surface area contributed by atoms with Crippen LogP contribution >= 0.6 is 0 Å². The van der Waals surface area contributed by atoms with Crippen molar-refractivity contribution < 1.29 is 23.1 Å². The quantitative estimate of drug-likeness (QED) is 0.520. The molecule has 2 aromatic carbocycles. The van der Waals surface area contributed by atoms with E-state index in [1.807, 2.05) is 13.8 Å². The largest absolute Gasteiger partial charge is 0.407 e. The summed E-state index contributed by atoms with van der Waals surface area (Å²) in [6.45, 7) is 3.27. The first-order valence-corrected chi connectivity index (χ1v) is 9.93. The maximum absolute atomic E-state index is 13.9. The fourth-order valence-electron chi connectivity index (χ4n) is 3.22. The van der Waals surface area contributed by atoms with E-state index in [4.69, 9.17) is 10.4 Å². The van der Waals surface area contributed by atoms with Gasteiger partial charge >= 0.3 is 6.18 Å². The summed E-state index contributed by atoms with van der Waals surface area (Å²) in [5.74, 6) is -0.659. The van der Waals surface area contributed by atoms with E-state index in [0.29, 0.717) is 0 Å². The van der Waals surface area contributed by atoms with Crippen LogP contribution in [-0.4, -0.2) is 29.8 Å². The van der Waals surface area contributed by atoms with Crippen LogP contribution in [0, 0.1) is 17.2 Å². The first-order chi connectivity index (χ1) is 14.7. The summed E-state index contributed by atoms with van der Waals surface area (Å²) in [4.78, 5) is 12.3. The van der Waals surface area contributed by atoms with Crippen LogP contribution in [0.5, 0.6) is 0 Å². The van der Waals surface area contributed by atoms with Crippen molar-refractivity contribution >= 4 is 5.91 Å². The number of nitrogens with one attached hydrogen (secondary N) is 2. The third-order valence-electron chi connectivity index (χ3n) is 4.77. The van der Waals surface area contributed by atoms with Crippen LogP contribution in [0.1, 0.15) is 37.4 Å². The zero-order chi connectivity index (χ0) is 23.0. The molecule has 166 valence electrons. The van der Waals surface area contributed by atoms with Crippen molar-refractivity contribution in [3.63, 3.8) is 0 Å². The van der Waals surface area contributed by atoms with Gasteiger partial charge in [-0.1, -0.05) is 62.4 Å². The summed E-state index contributed by atoms with van der Waals surface area (Å²) in [5.41, 5.74) is 2.28. The van der Waals surface area contributed by atoms with Crippen LogP contribution in [0.15, 0.2) is 48.5 Å². The van der Waals surface area contributed by atoms with Gasteiger partial charge in [0.25, 0.3) is 0 Å². The Bertz CT molecular complexity index is 888. The summed E-state index contributed by atoms with van der Waals surface area (Å²) >= 11 is 0. The van der Waals surface area contributed by atoms with Gasteiger partial charge in [-0.3, -0.25) is 10.1 Å². The number of halogens is 3. The van der Waals surface area contributed by atoms with Gasteiger partial charge in [-0.2, -0.15) is 18.4 Å². The number of carbonyl (C=O) groups excluding carboxylic acids is 1. The smallest absolute Gasteiger partial charge is 0.392 e. The van der Waals surface area contributed by atoms with Crippen molar-refractivity contribution in [1.82, 2.24) is 10.6 Å². The lowest BCUT2D eigenvalue weighted by atomic mass is 9.97. The number of nitriles is 1. The lowest BCUT2D eigenvalue weighted by molar-refractivity contribution is -0.161. The van der Waals surface area contributed by atoms with E-state index in [9.17, 15) is 18.0 Å². The molecule has 2 rings (SSSR count). The molecular formula is C23H26F3N3O2. The van der Waals surface area contributed by atoms with E-state index in [1.54, 1.807) is 42.5 Å². The lowest BCUT2D eigenvalue weighted by Gasteiger charge is -2.28. The number of nitrogens with zero attached hydrogens (tertiary/aromatic N) is 1. The molecule has 0 aromatic heterocycles. The monoisotopic (exact) mass is 433 g/mol. The minimum Gasteiger partial charge on any atom is -0.392 e. The Morgan fingerprint density at radius 3 is 2.06 bits per heavy atom. The average Bonchev–Trinajstić information content (AvgIpc) is 2.74. The zero-order valence-corrected chi connectivity index (χ0v) is 17.4. The molecule has 5 nitrogen and oxygen atoms in total. The highest BCUT2D eigenvalue weighted by Gasteiger charge is 2.42. The van der Waals surface area contributed by atoms with E-state index in [0.717, 1.165) is 16.7 Å². The molecule has 0 unspecified atom stereocenters. The van der Waals surface area contributed by atoms with E-state index in [2.05, 4.69) is 10.6 Å². The van der Waals surface area contributed by atoms with Crippen molar-refractivity contribution in [2.24, 2.45) is 5.92 Å².